The minimum absolute atomic E-state index is 0.586. The fourth-order valence-corrected chi connectivity index (χ4v) is 4.84. The largest absolute Gasteiger partial charge is 0.0654 e. The SMILES string of the molecule is CCCCCCCCCCCCCCCCCCCCCC(C)(C)CCCCCC. The molecule has 0 saturated heterocycles. The van der Waals surface area contributed by atoms with Crippen molar-refractivity contribution in [1.82, 2.24) is 0 Å². The molecule has 0 aromatic heterocycles. The normalized spacial score (nSPS) is 12.0. The van der Waals surface area contributed by atoms with E-state index in [0.29, 0.717) is 5.41 Å². The minimum atomic E-state index is 0.586. The predicted molar refractivity (Wildman–Crippen MR) is 141 cm³/mol. The molecule has 0 aliphatic carbocycles. The van der Waals surface area contributed by atoms with Gasteiger partial charge >= 0.3 is 0 Å². The molecule has 0 heterocycles. The van der Waals surface area contributed by atoms with E-state index in [9.17, 15) is 0 Å². The average Bonchev–Trinajstić information content (AvgIpc) is 2.73. The van der Waals surface area contributed by atoms with E-state index in [1.54, 1.807) is 0 Å². The van der Waals surface area contributed by atoms with E-state index in [2.05, 4.69) is 27.7 Å². The van der Waals surface area contributed by atoms with Gasteiger partial charge in [-0.3, -0.25) is 0 Å². The molecule has 0 unspecified atom stereocenters. The summed E-state index contributed by atoms with van der Waals surface area (Å²) < 4.78 is 0. The lowest BCUT2D eigenvalue weighted by Crippen LogP contribution is -2.11. The van der Waals surface area contributed by atoms with E-state index in [4.69, 9.17) is 0 Å². The first-order chi connectivity index (χ1) is 14.6. The third kappa shape index (κ3) is 24.3. The minimum Gasteiger partial charge on any atom is -0.0654 e. The molecule has 0 spiro atoms. The van der Waals surface area contributed by atoms with E-state index >= 15 is 0 Å². The van der Waals surface area contributed by atoms with Crippen LogP contribution in [0.15, 0.2) is 0 Å². The van der Waals surface area contributed by atoms with Crippen molar-refractivity contribution in [2.24, 2.45) is 5.41 Å². The summed E-state index contributed by atoms with van der Waals surface area (Å²) in [6.07, 6.45) is 36.6. The Morgan fingerprint density at radius 1 is 0.300 bits per heavy atom. The Morgan fingerprint density at radius 2 is 0.500 bits per heavy atom. The predicted octanol–water partition coefficient (Wildman–Crippen LogP) is 11.8. The van der Waals surface area contributed by atoms with Gasteiger partial charge in [-0.2, -0.15) is 0 Å². The molecular weight excluding hydrogens is 360 g/mol. The molecule has 0 atom stereocenters. The van der Waals surface area contributed by atoms with Crippen molar-refractivity contribution in [3.63, 3.8) is 0 Å². The lowest BCUT2D eigenvalue weighted by Gasteiger charge is -2.24. The van der Waals surface area contributed by atoms with Crippen LogP contribution in [-0.2, 0) is 0 Å². The highest BCUT2D eigenvalue weighted by Crippen LogP contribution is 2.30. The summed E-state index contributed by atoms with van der Waals surface area (Å²) in [6.45, 7) is 9.60. The van der Waals surface area contributed by atoms with Gasteiger partial charge in [0.1, 0.15) is 0 Å². The molecule has 182 valence electrons. The summed E-state index contributed by atoms with van der Waals surface area (Å²) in [4.78, 5) is 0. The molecule has 0 radical (unpaired) electrons. The first-order valence-corrected chi connectivity index (χ1v) is 14.6. The molecule has 0 aromatic rings. The zero-order valence-electron chi connectivity index (χ0n) is 22.2. The van der Waals surface area contributed by atoms with E-state index in [1.807, 2.05) is 0 Å². The van der Waals surface area contributed by atoms with Crippen LogP contribution in [0.2, 0.25) is 0 Å². The van der Waals surface area contributed by atoms with Gasteiger partial charge < -0.3 is 0 Å². The monoisotopic (exact) mass is 422 g/mol. The zero-order valence-corrected chi connectivity index (χ0v) is 22.2. The van der Waals surface area contributed by atoms with Crippen LogP contribution < -0.4 is 0 Å². The van der Waals surface area contributed by atoms with Crippen LogP contribution in [0.3, 0.4) is 0 Å². The van der Waals surface area contributed by atoms with Crippen molar-refractivity contribution in [2.75, 3.05) is 0 Å². The molecule has 0 N–H and O–H groups in total. The fraction of sp³-hybridized carbons (Fsp3) is 1.00. The van der Waals surface area contributed by atoms with Gasteiger partial charge in [0.15, 0.2) is 0 Å². The molecule has 0 saturated carbocycles. The summed E-state index contributed by atoms with van der Waals surface area (Å²) in [5, 5.41) is 0. The van der Waals surface area contributed by atoms with Crippen LogP contribution in [-0.4, -0.2) is 0 Å². The van der Waals surface area contributed by atoms with Crippen molar-refractivity contribution in [2.45, 2.75) is 188 Å². The number of hydrogen-bond acceptors (Lipinski definition) is 0. The fourth-order valence-electron chi connectivity index (χ4n) is 4.84. The highest BCUT2D eigenvalue weighted by Gasteiger charge is 2.16. The lowest BCUT2D eigenvalue weighted by molar-refractivity contribution is 0.282. The second-order valence-corrected chi connectivity index (χ2v) is 11.1. The Balaban J connectivity index is 3.17. The summed E-state index contributed by atoms with van der Waals surface area (Å²) in [5.41, 5.74) is 0.586. The topological polar surface area (TPSA) is 0 Å². The second kappa shape index (κ2) is 23.7. The zero-order chi connectivity index (χ0) is 22.2. The van der Waals surface area contributed by atoms with Crippen molar-refractivity contribution in [3.05, 3.63) is 0 Å². The van der Waals surface area contributed by atoms with Crippen molar-refractivity contribution in [3.8, 4) is 0 Å². The maximum absolute atomic E-state index is 2.49. The van der Waals surface area contributed by atoms with Gasteiger partial charge in [0.25, 0.3) is 0 Å². The van der Waals surface area contributed by atoms with Crippen LogP contribution >= 0.6 is 0 Å². The van der Waals surface area contributed by atoms with E-state index in [-0.39, 0.29) is 0 Å². The highest BCUT2D eigenvalue weighted by atomic mass is 14.2. The second-order valence-electron chi connectivity index (χ2n) is 11.1. The molecule has 0 bridgehead atoms. The first-order valence-electron chi connectivity index (χ1n) is 14.6. The van der Waals surface area contributed by atoms with E-state index in [0.717, 1.165) is 0 Å². The molecule has 30 heavy (non-hydrogen) atoms. The van der Waals surface area contributed by atoms with Crippen LogP contribution in [0.1, 0.15) is 188 Å². The Morgan fingerprint density at radius 3 is 0.767 bits per heavy atom. The molecule has 0 nitrogen and oxygen atoms in total. The van der Waals surface area contributed by atoms with Gasteiger partial charge in [0.05, 0.1) is 0 Å². The molecular formula is C30H62. The van der Waals surface area contributed by atoms with Gasteiger partial charge in [-0.25, -0.2) is 0 Å². The van der Waals surface area contributed by atoms with E-state index in [1.165, 1.54) is 161 Å². The number of hydrogen-bond donors (Lipinski definition) is 0. The summed E-state index contributed by atoms with van der Waals surface area (Å²) in [6, 6.07) is 0. The smallest absolute Gasteiger partial charge is 0.0354 e. The molecule has 0 aromatic carbocycles. The molecule has 0 amide bonds. The maximum Gasteiger partial charge on any atom is -0.0354 e. The van der Waals surface area contributed by atoms with Crippen molar-refractivity contribution < 1.29 is 0 Å². The molecule has 0 fully saturated rings. The molecule has 0 aliphatic rings. The highest BCUT2D eigenvalue weighted by molar-refractivity contribution is 4.68. The third-order valence-electron chi connectivity index (χ3n) is 7.16. The van der Waals surface area contributed by atoms with Gasteiger partial charge in [0.2, 0.25) is 0 Å². The Hall–Kier alpha value is 0. The Labute approximate surface area is 193 Å². The first kappa shape index (κ1) is 30.0. The van der Waals surface area contributed by atoms with Gasteiger partial charge in [-0.1, -0.05) is 175 Å². The van der Waals surface area contributed by atoms with E-state index < -0.39 is 0 Å². The standard InChI is InChI=1S/C30H62/c1-5-7-9-11-12-13-14-15-16-17-18-19-20-21-22-23-24-25-27-29-30(3,4)28-26-10-8-6-2/h5-29H2,1-4H3. The third-order valence-corrected chi connectivity index (χ3v) is 7.16. The van der Waals surface area contributed by atoms with Crippen LogP contribution in [0, 0.1) is 5.41 Å². The maximum atomic E-state index is 2.49. The summed E-state index contributed by atoms with van der Waals surface area (Å²) in [7, 11) is 0. The molecule has 0 aliphatic heterocycles. The van der Waals surface area contributed by atoms with Crippen LogP contribution in [0.4, 0.5) is 0 Å². The van der Waals surface area contributed by atoms with Crippen molar-refractivity contribution in [1.29, 1.82) is 0 Å². The number of unbranched alkanes of at least 4 members (excludes halogenated alkanes) is 21. The summed E-state index contributed by atoms with van der Waals surface area (Å²) in [5.74, 6) is 0. The van der Waals surface area contributed by atoms with Crippen LogP contribution in [0.5, 0.6) is 0 Å². The van der Waals surface area contributed by atoms with Gasteiger partial charge in [-0.15, -0.1) is 0 Å². The quantitative estimate of drug-likeness (QED) is 0.128. The van der Waals surface area contributed by atoms with Gasteiger partial charge in [0, 0.05) is 0 Å². The lowest BCUT2D eigenvalue weighted by atomic mass is 9.82. The molecule has 0 rings (SSSR count). The van der Waals surface area contributed by atoms with Gasteiger partial charge in [-0.05, 0) is 18.3 Å². The Bertz CT molecular complexity index is 303. The average molecular weight is 423 g/mol. The Kier molecular flexibility index (Phi) is 23.7. The molecule has 0 heteroatoms. The summed E-state index contributed by atoms with van der Waals surface area (Å²) >= 11 is 0. The van der Waals surface area contributed by atoms with Crippen LogP contribution in [0.25, 0.3) is 0 Å². The number of rotatable bonds is 25. The van der Waals surface area contributed by atoms with Crippen molar-refractivity contribution >= 4 is 0 Å².